The molecule has 2 unspecified atom stereocenters. The molecule has 0 radical (unpaired) electrons. The summed E-state index contributed by atoms with van der Waals surface area (Å²) in [6.07, 6.45) is 0. The van der Waals surface area contributed by atoms with E-state index < -0.39 is 0 Å². The molecule has 0 aliphatic carbocycles. The maximum atomic E-state index is 13.8. The fourth-order valence-corrected chi connectivity index (χ4v) is 2.36. The van der Waals surface area contributed by atoms with Gasteiger partial charge in [-0.3, -0.25) is 0 Å². The van der Waals surface area contributed by atoms with E-state index in [1.54, 1.807) is 6.07 Å². The van der Waals surface area contributed by atoms with Gasteiger partial charge in [-0.1, -0.05) is 6.07 Å². The normalized spacial score (nSPS) is 14.8. The second-order valence-electron chi connectivity index (χ2n) is 4.57. The zero-order valence-electron chi connectivity index (χ0n) is 11.4. The minimum absolute atomic E-state index is 0.0583. The van der Waals surface area contributed by atoms with Crippen LogP contribution in [0.4, 0.5) is 4.39 Å². The van der Waals surface area contributed by atoms with Crippen molar-refractivity contribution in [3.05, 3.63) is 29.8 Å². The lowest BCUT2D eigenvalue weighted by molar-refractivity contribution is 0.119. The van der Waals surface area contributed by atoms with E-state index in [0.717, 1.165) is 5.52 Å². The van der Waals surface area contributed by atoms with Crippen LogP contribution in [0.25, 0.3) is 11.0 Å². The summed E-state index contributed by atoms with van der Waals surface area (Å²) in [7, 11) is 0. The quantitative estimate of drug-likeness (QED) is 0.774. The van der Waals surface area contributed by atoms with Crippen LogP contribution in [0.2, 0.25) is 0 Å². The number of ether oxygens (including phenoxy) is 1. The van der Waals surface area contributed by atoms with Crippen LogP contribution in [-0.4, -0.2) is 22.8 Å². The highest BCUT2D eigenvalue weighted by Crippen LogP contribution is 2.29. The van der Waals surface area contributed by atoms with Crippen molar-refractivity contribution in [2.24, 2.45) is 0 Å². The molecule has 104 valence electrons. The molecule has 1 aromatic carbocycles. The van der Waals surface area contributed by atoms with Gasteiger partial charge in [-0.05, 0) is 32.9 Å². The monoisotopic (exact) mass is 284 g/mol. The molecule has 0 saturated carbocycles. The molecule has 0 bridgehead atoms. The van der Waals surface area contributed by atoms with Crippen LogP contribution < -0.4 is 0 Å². The number of halogens is 2. The molecule has 0 aliphatic heterocycles. The van der Waals surface area contributed by atoms with Gasteiger partial charge in [0.1, 0.15) is 11.3 Å². The van der Waals surface area contributed by atoms with E-state index in [1.807, 2.05) is 31.4 Å². The predicted molar refractivity (Wildman–Crippen MR) is 75.2 cm³/mol. The maximum Gasteiger partial charge on any atom is 0.151 e. The fourth-order valence-electron chi connectivity index (χ4n) is 2.21. The Balaban J connectivity index is 2.55. The number of fused-ring (bicyclic) bond motifs is 1. The van der Waals surface area contributed by atoms with Crippen LogP contribution in [0.5, 0.6) is 0 Å². The Labute approximate surface area is 117 Å². The van der Waals surface area contributed by atoms with Gasteiger partial charge in [-0.15, -0.1) is 11.6 Å². The molecular formula is C14H18ClFN2O. The number of hydrogen-bond acceptors (Lipinski definition) is 2. The third kappa shape index (κ3) is 2.74. The first-order valence-corrected chi connectivity index (χ1v) is 6.88. The second kappa shape index (κ2) is 5.88. The number of imidazole rings is 1. The minimum atomic E-state index is -0.321. The maximum absolute atomic E-state index is 13.8. The van der Waals surface area contributed by atoms with Gasteiger partial charge in [0, 0.05) is 6.61 Å². The molecular weight excluding hydrogens is 267 g/mol. The summed E-state index contributed by atoms with van der Waals surface area (Å²) in [4.78, 5) is 4.34. The van der Waals surface area contributed by atoms with Crippen molar-refractivity contribution in [1.29, 1.82) is 0 Å². The summed E-state index contributed by atoms with van der Waals surface area (Å²) in [5.41, 5.74) is 1.13. The summed E-state index contributed by atoms with van der Waals surface area (Å²) in [5.74, 6) is 0.354. The van der Waals surface area contributed by atoms with Crippen LogP contribution in [-0.2, 0) is 4.74 Å². The molecule has 2 aromatic rings. The molecule has 2 rings (SSSR count). The van der Waals surface area contributed by atoms with Gasteiger partial charge in [-0.2, -0.15) is 0 Å². The van der Waals surface area contributed by atoms with Gasteiger partial charge >= 0.3 is 0 Å². The van der Waals surface area contributed by atoms with Crippen molar-refractivity contribution in [2.45, 2.75) is 32.2 Å². The molecule has 1 aromatic heterocycles. The number of nitrogens with zero attached hydrogens (tertiary/aromatic N) is 2. The molecule has 0 saturated heterocycles. The van der Waals surface area contributed by atoms with E-state index in [4.69, 9.17) is 16.3 Å². The van der Waals surface area contributed by atoms with Crippen molar-refractivity contribution in [3.8, 4) is 0 Å². The molecule has 1 heterocycles. The number of alkyl halides is 1. The number of aromatic nitrogens is 2. The summed E-state index contributed by atoms with van der Waals surface area (Å²) in [5, 5.41) is -0.282. The molecule has 0 aliphatic rings. The van der Waals surface area contributed by atoms with Crippen molar-refractivity contribution in [2.75, 3.05) is 13.2 Å². The zero-order valence-corrected chi connectivity index (χ0v) is 12.1. The largest absolute Gasteiger partial charge is 0.380 e. The SMILES string of the molecule is CCOCC(C)n1c(C(C)Cl)nc2c(F)cccc21. The van der Waals surface area contributed by atoms with Gasteiger partial charge in [0.05, 0.1) is 23.5 Å². The van der Waals surface area contributed by atoms with E-state index in [1.165, 1.54) is 6.07 Å². The van der Waals surface area contributed by atoms with Crippen LogP contribution >= 0.6 is 11.6 Å². The van der Waals surface area contributed by atoms with Crippen LogP contribution in [0.15, 0.2) is 18.2 Å². The molecule has 0 N–H and O–H groups in total. The summed E-state index contributed by atoms with van der Waals surface area (Å²) >= 11 is 6.16. The summed E-state index contributed by atoms with van der Waals surface area (Å²) in [6, 6.07) is 5.01. The highest BCUT2D eigenvalue weighted by Gasteiger charge is 2.20. The van der Waals surface area contributed by atoms with Gasteiger partial charge in [0.25, 0.3) is 0 Å². The molecule has 0 amide bonds. The number of benzene rings is 1. The van der Waals surface area contributed by atoms with E-state index in [-0.39, 0.29) is 17.2 Å². The molecule has 19 heavy (non-hydrogen) atoms. The summed E-state index contributed by atoms with van der Waals surface area (Å²) < 4.78 is 21.2. The molecule has 0 spiro atoms. The predicted octanol–water partition coefficient (Wildman–Crippen LogP) is 4.07. The Morgan fingerprint density at radius 1 is 1.42 bits per heavy atom. The van der Waals surface area contributed by atoms with Crippen molar-refractivity contribution >= 4 is 22.6 Å². The highest BCUT2D eigenvalue weighted by molar-refractivity contribution is 6.20. The Morgan fingerprint density at radius 2 is 2.16 bits per heavy atom. The smallest absolute Gasteiger partial charge is 0.151 e. The lowest BCUT2D eigenvalue weighted by Crippen LogP contribution is -2.15. The first kappa shape index (κ1) is 14.3. The zero-order chi connectivity index (χ0) is 14.0. The molecule has 0 fully saturated rings. The minimum Gasteiger partial charge on any atom is -0.380 e. The Bertz CT molecular complexity index is 568. The average Bonchev–Trinajstić information content (AvgIpc) is 2.77. The average molecular weight is 285 g/mol. The van der Waals surface area contributed by atoms with Crippen molar-refractivity contribution in [3.63, 3.8) is 0 Å². The van der Waals surface area contributed by atoms with Gasteiger partial charge < -0.3 is 9.30 Å². The summed E-state index contributed by atoms with van der Waals surface area (Å²) in [6.45, 7) is 7.00. The lowest BCUT2D eigenvalue weighted by Gasteiger charge is -2.18. The lowest BCUT2D eigenvalue weighted by atomic mass is 10.2. The van der Waals surface area contributed by atoms with E-state index in [9.17, 15) is 4.39 Å². The van der Waals surface area contributed by atoms with Crippen LogP contribution in [0.1, 0.15) is 38.0 Å². The number of hydrogen-bond donors (Lipinski definition) is 0. The Kier molecular flexibility index (Phi) is 4.42. The third-order valence-electron chi connectivity index (χ3n) is 3.06. The van der Waals surface area contributed by atoms with Crippen LogP contribution in [0.3, 0.4) is 0 Å². The van der Waals surface area contributed by atoms with E-state index in [0.29, 0.717) is 24.6 Å². The number of rotatable bonds is 5. The van der Waals surface area contributed by atoms with Crippen molar-refractivity contribution in [1.82, 2.24) is 9.55 Å². The fraction of sp³-hybridized carbons (Fsp3) is 0.500. The van der Waals surface area contributed by atoms with Crippen molar-refractivity contribution < 1.29 is 9.13 Å². The van der Waals surface area contributed by atoms with E-state index >= 15 is 0 Å². The second-order valence-corrected chi connectivity index (χ2v) is 5.23. The molecule has 2 atom stereocenters. The third-order valence-corrected chi connectivity index (χ3v) is 3.25. The Hall–Kier alpha value is -1.13. The topological polar surface area (TPSA) is 27.1 Å². The van der Waals surface area contributed by atoms with Crippen LogP contribution in [0, 0.1) is 5.82 Å². The van der Waals surface area contributed by atoms with E-state index in [2.05, 4.69) is 4.98 Å². The van der Waals surface area contributed by atoms with Gasteiger partial charge in [0.2, 0.25) is 0 Å². The number of para-hydroxylation sites is 1. The van der Waals surface area contributed by atoms with Gasteiger partial charge in [-0.25, -0.2) is 9.37 Å². The van der Waals surface area contributed by atoms with Gasteiger partial charge in [0.15, 0.2) is 5.82 Å². The molecule has 5 heteroatoms. The first-order chi connectivity index (χ1) is 9.06. The molecule has 3 nitrogen and oxygen atoms in total. The Morgan fingerprint density at radius 3 is 2.79 bits per heavy atom. The standard InChI is InChI=1S/C14H18ClFN2O/c1-4-19-8-9(2)18-12-7-5-6-11(16)13(12)17-14(18)10(3)15/h5-7,9-10H,4,8H2,1-3H3. The first-order valence-electron chi connectivity index (χ1n) is 6.44. The highest BCUT2D eigenvalue weighted by atomic mass is 35.5.